The Morgan fingerprint density at radius 3 is 2.17 bits per heavy atom. The third kappa shape index (κ3) is 4.51. The maximum absolute atomic E-state index is 13.9. The molecule has 0 bridgehead atoms. The molecule has 134 valence electrons. The fourth-order valence-corrected chi connectivity index (χ4v) is 4.08. The number of halogens is 3. The Morgan fingerprint density at radius 2 is 1.54 bits per heavy atom. The Bertz CT molecular complexity index is 514. The Balaban J connectivity index is 1.44. The standard InChI is InChI=1S/C19H26F3NO/c20-15-11-17(21)19(18(22)12-15)14-3-1-13(2-4-14)5-8-23-16-6-9-24-10-7-16/h11-14,16,23H,1-10H2. The Kier molecular flexibility index (Phi) is 6.17. The molecule has 1 saturated heterocycles. The highest BCUT2D eigenvalue weighted by Gasteiger charge is 2.27. The monoisotopic (exact) mass is 341 g/mol. The predicted molar refractivity (Wildman–Crippen MR) is 87.5 cm³/mol. The fraction of sp³-hybridized carbons (Fsp3) is 0.684. The van der Waals surface area contributed by atoms with Crippen molar-refractivity contribution in [2.75, 3.05) is 19.8 Å². The summed E-state index contributed by atoms with van der Waals surface area (Å²) in [6.07, 6.45) is 6.79. The summed E-state index contributed by atoms with van der Waals surface area (Å²) in [5.74, 6) is -1.83. The van der Waals surface area contributed by atoms with Gasteiger partial charge in [-0.15, -0.1) is 0 Å². The van der Waals surface area contributed by atoms with Crippen molar-refractivity contribution in [2.45, 2.75) is 56.9 Å². The molecule has 0 spiro atoms. The van der Waals surface area contributed by atoms with Crippen molar-refractivity contribution in [1.29, 1.82) is 0 Å². The first-order chi connectivity index (χ1) is 11.6. The first kappa shape index (κ1) is 17.7. The molecule has 2 fully saturated rings. The van der Waals surface area contributed by atoms with Crippen LogP contribution >= 0.6 is 0 Å². The number of hydrogen-bond acceptors (Lipinski definition) is 2. The predicted octanol–water partition coefficient (Wildman–Crippen LogP) is 4.54. The SMILES string of the molecule is Fc1cc(F)c(C2CCC(CCNC3CCOCC3)CC2)c(F)c1. The topological polar surface area (TPSA) is 21.3 Å². The van der Waals surface area contributed by atoms with Crippen molar-refractivity contribution in [2.24, 2.45) is 5.92 Å². The summed E-state index contributed by atoms with van der Waals surface area (Å²) in [5, 5.41) is 3.59. The molecule has 1 heterocycles. The van der Waals surface area contributed by atoms with Crippen molar-refractivity contribution in [1.82, 2.24) is 5.32 Å². The molecule has 0 amide bonds. The van der Waals surface area contributed by atoms with Crippen LogP contribution in [-0.4, -0.2) is 25.8 Å². The van der Waals surface area contributed by atoms with Gasteiger partial charge in [0.25, 0.3) is 0 Å². The van der Waals surface area contributed by atoms with E-state index in [0.29, 0.717) is 12.0 Å². The van der Waals surface area contributed by atoms with Gasteiger partial charge >= 0.3 is 0 Å². The molecule has 1 aliphatic carbocycles. The van der Waals surface area contributed by atoms with Crippen LogP contribution in [0.4, 0.5) is 13.2 Å². The normalized spacial score (nSPS) is 25.8. The van der Waals surface area contributed by atoms with E-state index in [1.54, 1.807) is 0 Å². The van der Waals surface area contributed by atoms with E-state index < -0.39 is 17.5 Å². The lowest BCUT2D eigenvalue weighted by Crippen LogP contribution is -2.36. The summed E-state index contributed by atoms with van der Waals surface area (Å²) >= 11 is 0. The first-order valence-electron chi connectivity index (χ1n) is 9.09. The molecule has 24 heavy (non-hydrogen) atoms. The van der Waals surface area contributed by atoms with E-state index in [-0.39, 0.29) is 11.5 Å². The van der Waals surface area contributed by atoms with Crippen LogP contribution in [0.15, 0.2) is 12.1 Å². The van der Waals surface area contributed by atoms with Crippen LogP contribution < -0.4 is 5.32 Å². The molecule has 1 aromatic rings. The molecule has 5 heteroatoms. The first-order valence-corrected chi connectivity index (χ1v) is 9.09. The molecule has 0 unspecified atom stereocenters. The highest BCUT2D eigenvalue weighted by molar-refractivity contribution is 5.25. The second-order valence-corrected chi connectivity index (χ2v) is 7.13. The van der Waals surface area contributed by atoms with E-state index >= 15 is 0 Å². The van der Waals surface area contributed by atoms with Crippen LogP contribution in [-0.2, 0) is 4.74 Å². The molecule has 2 aliphatic rings. The molecule has 1 aromatic carbocycles. The fourth-order valence-electron chi connectivity index (χ4n) is 4.08. The van der Waals surface area contributed by atoms with Crippen molar-refractivity contribution in [3.05, 3.63) is 35.1 Å². The number of rotatable bonds is 5. The summed E-state index contributed by atoms with van der Waals surface area (Å²) < 4.78 is 46.2. The van der Waals surface area contributed by atoms with Crippen molar-refractivity contribution in [3.8, 4) is 0 Å². The van der Waals surface area contributed by atoms with Gasteiger partial charge in [-0.25, -0.2) is 13.2 Å². The molecule has 1 N–H and O–H groups in total. The van der Waals surface area contributed by atoms with Crippen molar-refractivity contribution >= 4 is 0 Å². The number of benzene rings is 1. The van der Waals surface area contributed by atoms with Crippen LogP contribution in [0.1, 0.15) is 56.4 Å². The third-order valence-corrected chi connectivity index (χ3v) is 5.51. The summed E-state index contributed by atoms with van der Waals surface area (Å²) in [7, 11) is 0. The van der Waals surface area contributed by atoms with Gasteiger partial charge in [-0.05, 0) is 63.3 Å². The van der Waals surface area contributed by atoms with Gasteiger partial charge < -0.3 is 10.1 Å². The zero-order valence-electron chi connectivity index (χ0n) is 14.0. The third-order valence-electron chi connectivity index (χ3n) is 5.51. The second kappa shape index (κ2) is 8.34. The van der Waals surface area contributed by atoms with Gasteiger partial charge in [-0.1, -0.05) is 0 Å². The van der Waals surface area contributed by atoms with Crippen molar-refractivity contribution < 1.29 is 17.9 Å². The molecular formula is C19H26F3NO. The van der Waals surface area contributed by atoms with E-state index in [2.05, 4.69) is 5.32 Å². The second-order valence-electron chi connectivity index (χ2n) is 7.13. The number of nitrogens with one attached hydrogen (secondary N) is 1. The minimum atomic E-state index is -0.846. The lowest BCUT2D eigenvalue weighted by atomic mass is 9.77. The Morgan fingerprint density at radius 1 is 0.917 bits per heavy atom. The van der Waals surface area contributed by atoms with Crippen LogP contribution in [0.2, 0.25) is 0 Å². The Labute approximate surface area is 141 Å². The smallest absolute Gasteiger partial charge is 0.132 e. The highest BCUT2D eigenvalue weighted by atomic mass is 19.1. The average molecular weight is 341 g/mol. The summed E-state index contributed by atoms with van der Waals surface area (Å²) in [6, 6.07) is 2.16. The average Bonchev–Trinajstić information content (AvgIpc) is 2.56. The largest absolute Gasteiger partial charge is 0.381 e. The lowest BCUT2D eigenvalue weighted by Gasteiger charge is -2.30. The summed E-state index contributed by atoms with van der Waals surface area (Å²) in [6.45, 7) is 2.69. The molecule has 2 nitrogen and oxygen atoms in total. The molecule has 1 saturated carbocycles. The van der Waals surface area contributed by atoms with Crippen molar-refractivity contribution in [3.63, 3.8) is 0 Å². The van der Waals surface area contributed by atoms with Crippen LogP contribution in [0, 0.1) is 23.4 Å². The van der Waals surface area contributed by atoms with Gasteiger partial charge in [0.1, 0.15) is 17.5 Å². The van der Waals surface area contributed by atoms with Gasteiger partial charge in [0, 0.05) is 37.0 Å². The molecule has 0 radical (unpaired) electrons. The van der Waals surface area contributed by atoms with E-state index in [1.165, 1.54) is 0 Å². The minimum absolute atomic E-state index is 0.0789. The highest BCUT2D eigenvalue weighted by Crippen LogP contribution is 2.39. The lowest BCUT2D eigenvalue weighted by molar-refractivity contribution is 0.0775. The summed E-state index contributed by atoms with van der Waals surface area (Å²) in [4.78, 5) is 0. The molecule has 0 atom stereocenters. The van der Waals surface area contributed by atoms with Crippen LogP contribution in [0.3, 0.4) is 0 Å². The van der Waals surface area contributed by atoms with Crippen LogP contribution in [0.5, 0.6) is 0 Å². The van der Waals surface area contributed by atoms with Gasteiger partial charge in [-0.2, -0.15) is 0 Å². The van der Waals surface area contributed by atoms with Crippen LogP contribution in [0.25, 0.3) is 0 Å². The zero-order chi connectivity index (χ0) is 16.9. The summed E-state index contributed by atoms with van der Waals surface area (Å²) in [5.41, 5.74) is 0.0789. The zero-order valence-corrected chi connectivity index (χ0v) is 14.0. The van der Waals surface area contributed by atoms with Gasteiger partial charge in [0.15, 0.2) is 0 Å². The van der Waals surface area contributed by atoms with E-state index in [4.69, 9.17) is 4.74 Å². The molecule has 3 rings (SSSR count). The number of hydrogen-bond donors (Lipinski definition) is 1. The van der Waals surface area contributed by atoms with E-state index in [9.17, 15) is 13.2 Å². The van der Waals surface area contributed by atoms with E-state index in [1.807, 2.05) is 0 Å². The van der Waals surface area contributed by atoms with Gasteiger partial charge in [-0.3, -0.25) is 0 Å². The number of ether oxygens (including phenoxy) is 1. The maximum Gasteiger partial charge on any atom is 0.132 e. The van der Waals surface area contributed by atoms with Gasteiger partial charge in [0.2, 0.25) is 0 Å². The molecule has 0 aromatic heterocycles. The quantitative estimate of drug-likeness (QED) is 0.849. The molecular weight excluding hydrogens is 315 g/mol. The maximum atomic E-state index is 13.9. The van der Waals surface area contributed by atoms with E-state index in [0.717, 1.165) is 76.8 Å². The Hall–Kier alpha value is -1.07. The van der Waals surface area contributed by atoms with Gasteiger partial charge in [0.05, 0.1) is 0 Å². The molecule has 1 aliphatic heterocycles. The minimum Gasteiger partial charge on any atom is -0.381 e.